The fourth-order valence-electron chi connectivity index (χ4n) is 5.29. The molecule has 2 aromatic rings. The minimum atomic E-state index is -0.302. The van der Waals surface area contributed by atoms with Gasteiger partial charge >= 0.3 is 0 Å². The summed E-state index contributed by atoms with van der Waals surface area (Å²) in [6, 6.07) is 7.47. The molecule has 1 fully saturated rings. The number of ether oxygens (including phenoxy) is 3. The number of carbonyl (C=O) groups is 1. The number of carbonyl (C=O) groups excluding carboxylic acids is 1. The van der Waals surface area contributed by atoms with Crippen molar-refractivity contribution < 1.29 is 19.0 Å². The first-order valence-electron chi connectivity index (χ1n) is 12.0. The Hall–Kier alpha value is -3.22. The molecule has 0 radical (unpaired) electrons. The van der Waals surface area contributed by atoms with Crippen LogP contribution in [-0.2, 0) is 11.2 Å². The first-order chi connectivity index (χ1) is 16.5. The molecular formula is C27H34N2O5. The van der Waals surface area contributed by atoms with Gasteiger partial charge in [0.2, 0.25) is 17.1 Å². The molecule has 0 spiro atoms. The summed E-state index contributed by atoms with van der Waals surface area (Å²) >= 11 is 0. The third-order valence-electron chi connectivity index (χ3n) is 6.88. The highest BCUT2D eigenvalue weighted by Gasteiger charge is 2.29. The molecule has 4 rings (SSSR count). The topological polar surface area (TPSA) is 85.9 Å². The standard InChI is InChI=1S/C27H34N2O5/c1-16(30)28-21-12-10-17-14-24(32-2)26(33-3)27(34-4)25(17)19-11-13-22(23(31)15-20(19)21)29-18-8-6-5-7-9-18/h11,13-15,18,21H,5-10,12H2,1-4H3,(H,28,30)(H,29,31)/t21-/m1/s1. The van der Waals surface area contributed by atoms with Crippen LogP contribution in [0.15, 0.2) is 29.1 Å². The van der Waals surface area contributed by atoms with Crippen LogP contribution in [0.4, 0.5) is 5.69 Å². The molecule has 0 heterocycles. The number of hydrogen-bond acceptors (Lipinski definition) is 6. The van der Waals surface area contributed by atoms with E-state index < -0.39 is 0 Å². The van der Waals surface area contributed by atoms with Crippen molar-refractivity contribution in [3.05, 3.63) is 45.6 Å². The molecule has 2 aliphatic carbocycles. The number of aryl methyl sites for hydroxylation is 1. The van der Waals surface area contributed by atoms with Crippen LogP contribution in [0.25, 0.3) is 11.1 Å². The Kier molecular flexibility index (Phi) is 7.29. The van der Waals surface area contributed by atoms with Crippen molar-refractivity contribution in [2.75, 3.05) is 26.6 Å². The smallest absolute Gasteiger partial charge is 0.217 e. The van der Waals surface area contributed by atoms with Crippen molar-refractivity contribution in [1.82, 2.24) is 5.32 Å². The molecule has 2 aromatic carbocycles. The second kappa shape index (κ2) is 10.4. The maximum absolute atomic E-state index is 13.3. The van der Waals surface area contributed by atoms with Gasteiger partial charge in [-0.2, -0.15) is 0 Å². The normalized spacial score (nSPS) is 17.6. The maximum atomic E-state index is 13.3. The number of fused-ring (bicyclic) bond motifs is 3. The van der Waals surface area contributed by atoms with Gasteiger partial charge in [-0.3, -0.25) is 9.59 Å². The van der Waals surface area contributed by atoms with Crippen LogP contribution in [0.2, 0.25) is 0 Å². The molecule has 0 saturated heterocycles. The van der Waals surface area contributed by atoms with Gasteiger partial charge in [0, 0.05) is 18.5 Å². The molecule has 0 aliphatic heterocycles. The highest BCUT2D eigenvalue weighted by atomic mass is 16.5. The van der Waals surface area contributed by atoms with Gasteiger partial charge in [-0.05, 0) is 60.6 Å². The van der Waals surface area contributed by atoms with Gasteiger partial charge in [-0.15, -0.1) is 0 Å². The van der Waals surface area contributed by atoms with Gasteiger partial charge in [0.15, 0.2) is 11.5 Å². The number of anilines is 1. The fraction of sp³-hybridized carbons (Fsp3) is 0.481. The number of methoxy groups -OCH3 is 3. The Morgan fingerprint density at radius 2 is 1.68 bits per heavy atom. The van der Waals surface area contributed by atoms with Crippen molar-refractivity contribution >= 4 is 11.6 Å². The van der Waals surface area contributed by atoms with Crippen LogP contribution >= 0.6 is 0 Å². The number of amides is 1. The molecule has 0 unspecified atom stereocenters. The number of hydrogen-bond donors (Lipinski definition) is 2. The lowest BCUT2D eigenvalue weighted by atomic mass is 9.95. The van der Waals surface area contributed by atoms with Crippen molar-refractivity contribution in [2.24, 2.45) is 0 Å². The van der Waals surface area contributed by atoms with Crippen molar-refractivity contribution in [3.8, 4) is 28.4 Å². The van der Waals surface area contributed by atoms with E-state index in [0.29, 0.717) is 41.8 Å². The van der Waals surface area contributed by atoms with Crippen LogP contribution < -0.4 is 30.3 Å². The zero-order valence-electron chi connectivity index (χ0n) is 20.5. The van der Waals surface area contributed by atoms with Crippen LogP contribution in [0, 0.1) is 0 Å². The van der Waals surface area contributed by atoms with Gasteiger partial charge in [0.1, 0.15) is 0 Å². The molecule has 0 aromatic heterocycles. The van der Waals surface area contributed by atoms with E-state index in [-0.39, 0.29) is 17.4 Å². The lowest BCUT2D eigenvalue weighted by molar-refractivity contribution is -0.119. The Labute approximate surface area is 200 Å². The molecule has 34 heavy (non-hydrogen) atoms. The monoisotopic (exact) mass is 466 g/mol. The Bertz CT molecular complexity index is 1120. The quantitative estimate of drug-likeness (QED) is 0.647. The minimum Gasteiger partial charge on any atom is -0.493 e. The summed E-state index contributed by atoms with van der Waals surface area (Å²) in [5.74, 6) is 1.51. The molecular weight excluding hydrogens is 432 g/mol. The van der Waals surface area contributed by atoms with Gasteiger partial charge in [0.25, 0.3) is 0 Å². The van der Waals surface area contributed by atoms with E-state index in [0.717, 1.165) is 35.1 Å². The second-order valence-corrected chi connectivity index (χ2v) is 9.08. The first-order valence-corrected chi connectivity index (χ1v) is 12.0. The highest BCUT2D eigenvalue weighted by molar-refractivity contribution is 5.83. The third kappa shape index (κ3) is 4.69. The average Bonchev–Trinajstić information content (AvgIpc) is 3.07. The summed E-state index contributed by atoms with van der Waals surface area (Å²) in [5.41, 5.74) is 4.01. The Morgan fingerprint density at radius 1 is 0.941 bits per heavy atom. The third-order valence-corrected chi connectivity index (χ3v) is 6.88. The van der Waals surface area contributed by atoms with Crippen LogP contribution in [0.5, 0.6) is 17.2 Å². The predicted octanol–water partition coefficient (Wildman–Crippen LogP) is 4.61. The summed E-state index contributed by atoms with van der Waals surface area (Å²) < 4.78 is 17.1. The zero-order valence-corrected chi connectivity index (χ0v) is 20.5. The predicted molar refractivity (Wildman–Crippen MR) is 133 cm³/mol. The van der Waals surface area contributed by atoms with Crippen LogP contribution in [-0.4, -0.2) is 33.3 Å². The summed E-state index contributed by atoms with van der Waals surface area (Å²) in [5, 5.41) is 6.53. The highest BCUT2D eigenvalue weighted by Crippen LogP contribution is 2.50. The van der Waals surface area contributed by atoms with Gasteiger partial charge in [0.05, 0.1) is 33.1 Å². The molecule has 1 atom stereocenters. The lowest BCUT2D eigenvalue weighted by Crippen LogP contribution is -2.27. The van der Waals surface area contributed by atoms with Crippen molar-refractivity contribution in [1.29, 1.82) is 0 Å². The summed E-state index contributed by atoms with van der Waals surface area (Å²) in [6.07, 6.45) is 7.07. The molecule has 1 amide bonds. The molecule has 7 nitrogen and oxygen atoms in total. The maximum Gasteiger partial charge on any atom is 0.217 e. The van der Waals surface area contributed by atoms with E-state index in [2.05, 4.69) is 10.6 Å². The Balaban J connectivity index is 1.93. The molecule has 1 saturated carbocycles. The van der Waals surface area contributed by atoms with E-state index in [1.54, 1.807) is 27.4 Å². The molecule has 182 valence electrons. The van der Waals surface area contributed by atoms with E-state index in [9.17, 15) is 9.59 Å². The fourth-order valence-corrected chi connectivity index (χ4v) is 5.29. The number of benzene rings is 1. The summed E-state index contributed by atoms with van der Waals surface area (Å²) in [6.45, 7) is 1.50. The first kappa shape index (κ1) is 23.9. The van der Waals surface area contributed by atoms with E-state index in [4.69, 9.17) is 14.2 Å². The Morgan fingerprint density at radius 3 is 2.32 bits per heavy atom. The van der Waals surface area contributed by atoms with Gasteiger partial charge in [-0.1, -0.05) is 25.3 Å². The molecule has 2 aliphatic rings. The SMILES string of the molecule is COc1cc2c(c(OC)c1OC)-c1ccc(NC3CCCCC3)c(=O)cc1[C@H](NC(C)=O)CC2. The minimum absolute atomic E-state index is 0.0786. The molecule has 7 heteroatoms. The molecule has 2 N–H and O–H groups in total. The largest absolute Gasteiger partial charge is 0.493 e. The van der Waals surface area contributed by atoms with Gasteiger partial charge in [-0.25, -0.2) is 0 Å². The summed E-state index contributed by atoms with van der Waals surface area (Å²) in [7, 11) is 4.78. The van der Waals surface area contributed by atoms with Crippen molar-refractivity contribution in [3.63, 3.8) is 0 Å². The van der Waals surface area contributed by atoms with Crippen LogP contribution in [0.1, 0.15) is 62.6 Å². The lowest BCUT2D eigenvalue weighted by Gasteiger charge is -2.23. The van der Waals surface area contributed by atoms with Gasteiger partial charge < -0.3 is 24.8 Å². The number of rotatable bonds is 6. The van der Waals surface area contributed by atoms with E-state index in [1.165, 1.54) is 26.2 Å². The van der Waals surface area contributed by atoms with Crippen molar-refractivity contribution in [2.45, 2.75) is 64.0 Å². The van der Waals surface area contributed by atoms with E-state index in [1.807, 2.05) is 18.2 Å². The zero-order chi connectivity index (χ0) is 24.2. The average molecular weight is 467 g/mol. The number of nitrogens with one attached hydrogen (secondary N) is 2. The summed E-state index contributed by atoms with van der Waals surface area (Å²) in [4.78, 5) is 25.4. The second-order valence-electron chi connectivity index (χ2n) is 9.08. The van der Waals surface area contributed by atoms with E-state index >= 15 is 0 Å². The molecule has 0 bridgehead atoms. The van der Waals surface area contributed by atoms with Crippen LogP contribution in [0.3, 0.4) is 0 Å².